The van der Waals surface area contributed by atoms with Gasteiger partial charge >= 0.3 is 12.1 Å². The Bertz CT molecular complexity index is 546. The maximum Gasteiger partial charge on any atom is 0.441 e. The molecule has 6 nitrogen and oxygen atoms in total. The highest BCUT2D eigenvalue weighted by molar-refractivity contribution is 7.94. The molecule has 0 radical (unpaired) electrons. The molecular weight excluding hydrogens is 258 g/mol. The zero-order valence-corrected chi connectivity index (χ0v) is 10.8. The molecule has 0 aliphatic rings. The van der Waals surface area contributed by atoms with Gasteiger partial charge in [-0.2, -0.15) is 0 Å². The second-order valence-electron chi connectivity index (χ2n) is 3.24. The summed E-state index contributed by atoms with van der Waals surface area (Å²) < 4.78 is 24.8. The first-order valence-electron chi connectivity index (χ1n) is 4.96. The first kappa shape index (κ1) is 14.2. The van der Waals surface area contributed by atoms with Crippen LogP contribution in [0.15, 0.2) is 39.6 Å². The fourth-order valence-electron chi connectivity index (χ4n) is 1.18. The molecule has 1 aromatic rings. The lowest BCUT2D eigenvalue weighted by atomic mass is 10.4. The minimum absolute atomic E-state index is 0.279. The van der Waals surface area contributed by atoms with E-state index in [0.717, 1.165) is 7.11 Å². The van der Waals surface area contributed by atoms with E-state index in [9.17, 15) is 13.8 Å². The summed E-state index contributed by atoms with van der Waals surface area (Å²) in [5.74, 6) is -1.21. The highest BCUT2D eigenvalue weighted by Crippen LogP contribution is 2.14. The lowest BCUT2D eigenvalue weighted by Gasteiger charge is -2.08. The Morgan fingerprint density at radius 2 is 1.78 bits per heavy atom. The number of hydrogen-bond acceptors (Lipinski definition) is 5. The highest BCUT2D eigenvalue weighted by atomic mass is 32.2. The monoisotopic (exact) mass is 271 g/mol. The number of rotatable bonds is 3. The van der Waals surface area contributed by atoms with Gasteiger partial charge in [0, 0.05) is 4.90 Å². The van der Waals surface area contributed by atoms with Crippen LogP contribution in [0.5, 0.6) is 0 Å². The minimum atomic E-state index is -3.21. The molecule has 1 rings (SSSR count). The molecule has 1 aromatic carbocycles. The van der Waals surface area contributed by atoms with Crippen LogP contribution in [-0.4, -0.2) is 36.2 Å². The van der Waals surface area contributed by atoms with E-state index >= 15 is 0 Å². The lowest BCUT2D eigenvalue weighted by molar-refractivity contribution is -0.137. The Morgan fingerprint density at radius 1 is 1.17 bits per heavy atom. The van der Waals surface area contributed by atoms with Gasteiger partial charge in [-0.05, 0) is 12.1 Å². The third-order valence-electron chi connectivity index (χ3n) is 2.05. The second-order valence-corrected chi connectivity index (χ2v) is 5.46. The Balaban J connectivity index is 3.27. The van der Waals surface area contributed by atoms with Crippen molar-refractivity contribution >= 4 is 21.8 Å². The van der Waals surface area contributed by atoms with Crippen LogP contribution in [0.3, 0.4) is 0 Å². The summed E-state index contributed by atoms with van der Waals surface area (Å²) >= 11 is 0. The van der Waals surface area contributed by atoms with Crippen molar-refractivity contribution < 1.29 is 23.3 Å². The number of benzene rings is 1. The molecule has 0 bridgehead atoms. The smallest absolute Gasteiger partial charge is 0.441 e. The predicted molar refractivity (Wildman–Crippen MR) is 64.6 cm³/mol. The summed E-state index contributed by atoms with van der Waals surface area (Å²) in [4.78, 5) is 22.7. The van der Waals surface area contributed by atoms with Gasteiger partial charge in [0.15, 0.2) is 0 Å². The average Bonchev–Trinajstić information content (AvgIpc) is 2.39. The molecule has 0 N–H and O–H groups in total. The van der Waals surface area contributed by atoms with Gasteiger partial charge in [0.1, 0.15) is 5.75 Å². The third-order valence-corrected chi connectivity index (χ3v) is 4.13. The zero-order chi connectivity index (χ0) is 13.6. The summed E-state index contributed by atoms with van der Waals surface area (Å²) in [5, 5.41) is 0. The van der Waals surface area contributed by atoms with Gasteiger partial charge in [0.2, 0.25) is 0 Å². The quantitative estimate of drug-likeness (QED) is 0.777. The van der Waals surface area contributed by atoms with Crippen LogP contribution in [0.25, 0.3) is 0 Å². The molecule has 0 spiro atoms. The van der Waals surface area contributed by atoms with Crippen LogP contribution in [0.2, 0.25) is 0 Å². The summed E-state index contributed by atoms with van der Waals surface area (Å²) in [6.45, 7) is 0. The van der Waals surface area contributed by atoms with E-state index in [1.807, 2.05) is 0 Å². The number of esters is 1. The maximum atomic E-state index is 12.6. The normalized spacial score (nSPS) is 13.2. The van der Waals surface area contributed by atoms with E-state index in [0.29, 0.717) is 0 Å². The molecule has 0 aromatic heterocycles. The summed E-state index contributed by atoms with van der Waals surface area (Å²) in [6, 6.07) is 8.05. The van der Waals surface area contributed by atoms with Crippen molar-refractivity contribution in [2.24, 2.45) is 4.36 Å². The largest absolute Gasteiger partial charge is 0.468 e. The number of amides is 1. The molecule has 0 aliphatic heterocycles. The molecule has 0 heterocycles. The van der Waals surface area contributed by atoms with E-state index in [1.54, 1.807) is 18.2 Å². The van der Waals surface area contributed by atoms with E-state index in [4.69, 9.17) is 0 Å². The number of ether oxygens (including phenoxy) is 2. The second kappa shape index (κ2) is 6.15. The summed E-state index contributed by atoms with van der Waals surface area (Å²) in [5.41, 5.74) is 0. The summed E-state index contributed by atoms with van der Waals surface area (Å²) in [6.07, 6.45) is -0.993. The van der Waals surface area contributed by atoms with Crippen LogP contribution in [0.1, 0.15) is 0 Å². The standard InChI is InChI=1S/C11H13NO5S/c1-16-10(13)8-18(15,12-11(14)17-2)9-6-4-3-5-7-9/h3-7H,8H2,1-2H3. The van der Waals surface area contributed by atoms with Crippen molar-refractivity contribution in [3.8, 4) is 0 Å². The third kappa shape index (κ3) is 3.56. The molecule has 0 fully saturated rings. The van der Waals surface area contributed by atoms with Gasteiger partial charge in [0.05, 0.1) is 23.9 Å². The minimum Gasteiger partial charge on any atom is -0.468 e. The zero-order valence-electron chi connectivity index (χ0n) is 9.99. The molecule has 0 saturated heterocycles. The Labute approximate surface area is 105 Å². The SMILES string of the molecule is COC(=O)CS(=O)(=NC(=O)OC)c1ccccc1. The van der Waals surface area contributed by atoms with E-state index in [-0.39, 0.29) is 4.90 Å². The molecule has 1 amide bonds. The van der Waals surface area contributed by atoms with Crippen molar-refractivity contribution in [3.05, 3.63) is 30.3 Å². The van der Waals surface area contributed by atoms with Crippen LogP contribution >= 0.6 is 0 Å². The Hall–Kier alpha value is -1.89. The fourth-order valence-corrected chi connectivity index (χ4v) is 2.85. The lowest BCUT2D eigenvalue weighted by Crippen LogP contribution is -2.18. The summed E-state index contributed by atoms with van der Waals surface area (Å²) in [7, 11) is -0.923. The molecule has 0 saturated carbocycles. The van der Waals surface area contributed by atoms with Crippen LogP contribution in [0, 0.1) is 0 Å². The fraction of sp³-hybridized carbons (Fsp3) is 0.273. The van der Waals surface area contributed by atoms with E-state index in [2.05, 4.69) is 13.8 Å². The molecule has 18 heavy (non-hydrogen) atoms. The van der Waals surface area contributed by atoms with Gasteiger partial charge in [-0.3, -0.25) is 4.79 Å². The van der Waals surface area contributed by atoms with Gasteiger partial charge in [-0.15, -0.1) is 4.36 Å². The van der Waals surface area contributed by atoms with Crippen LogP contribution in [0.4, 0.5) is 4.79 Å². The molecule has 98 valence electrons. The van der Waals surface area contributed by atoms with Crippen molar-refractivity contribution in [3.63, 3.8) is 0 Å². The highest BCUT2D eigenvalue weighted by Gasteiger charge is 2.20. The van der Waals surface area contributed by atoms with Gasteiger partial charge in [0.25, 0.3) is 0 Å². The number of carbonyl (C=O) groups excluding carboxylic acids is 2. The Morgan fingerprint density at radius 3 is 2.28 bits per heavy atom. The number of nitrogens with zero attached hydrogens (tertiary/aromatic N) is 1. The van der Waals surface area contributed by atoms with Crippen molar-refractivity contribution in [1.82, 2.24) is 0 Å². The van der Waals surface area contributed by atoms with Gasteiger partial charge in [-0.25, -0.2) is 9.00 Å². The predicted octanol–water partition coefficient (Wildman–Crippen LogP) is 1.45. The molecule has 0 aliphatic carbocycles. The molecule has 7 heteroatoms. The van der Waals surface area contributed by atoms with Gasteiger partial charge in [-0.1, -0.05) is 18.2 Å². The Kier molecular flexibility index (Phi) is 4.85. The topological polar surface area (TPSA) is 82.0 Å². The maximum absolute atomic E-state index is 12.6. The molecule has 1 atom stereocenters. The molecule has 1 unspecified atom stereocenters. The number of methoxy groups -OCH3 is 2. The van der Waals surface area contributed by atoms with E-state index < -0.39 is 27.5 Å². The van der Waals surface area contributed by atoms with Crippen molar-refractivity contribution in [2.75, 3.05) is 20.0 Å². The molecular formula is C11H13NO5S. The van der Waals surface area contributed by atoms with Crippen LogP contribution in [-0.2, 0) is 24.0 Å². The van der Waals surface area contributed by atoms with Crippen LogP contribution < -0.4 is 0 Å². The first-order valence-corrected chi connectivity index (χ1v) is 6.65. The van der Waals surface area contributed by atoms with Crippen molar-refractivity contribution in [2.45, 2.75) is 4.90 Å². The first-order chi connectivity index (χ1) is 8.51. The number of carbonyl (C=O) groups is 2. The average molecular weight is 271 g/mol. The number of hydrogen-bond donors (Lipinski definition) is 0. The van der Waals surface area contributed by atoms with Gasteiger partial charge < -0.3 is 9.47 Å². The van der Waals surface area contributed by atoms with E-state index in [1.165, 1.54) is 19.2 Å². The van der Waals surface area contributed by atoms with Crippen molar-refractivity contribution in [1.29, 1.82) is 0 Å².